The lowest BCUT2D eigenvalue weighted by atomic mass is 9.95. The summed E-state index contributed by atoms with van der Waals surface area (Å²) in [5.74, 6) is -0.258. The lowest BCUT2D eigenvalue weighted by Gasteiger charge is -2.29. The van der Waals surface area contributed by atoms with Crippen LogP contribution in [-0.2, 0) is 6.42 Å². The maximum absolute atomic E-state index is 13.1. The Kier molecular flexibility index (Phi) is 5.19. The molecule has 1 aliphatic heterocycles. The fourth-order valence-electron chi connectivity index (χ4n) is 4.09. The molecule has 2 aliphatic rings. The molecule has 1 aromatic heterocycles. The quantitative estimate of drug-likeness (QED) is 0.904. The van der Waals surface area contributed by atoms with E-state index in [1.807, 2.05) is 23.1 Å². The molecule has 140 valence electrons. The van der Waals surface area contributed by atoms with Crippen LogP contribution in [0.3, 0.4) is 0 Å². The third-order valence-electron chi connectivity index (χ3n) is 5.54. The van der Waals surface area contributed by atoms with Crippen molar-refractivity contribution in [2.45, 2.75) is 51.0 Å². The van der Waals surface area contributed by atoms with Gasteiger partial charge in [-0.15, -0.1) is 0 Å². The summed E-state index contributed by atoms with van der Waals surface area (Å²) in [6.45, 7) is 0.696. The first-order valence-corrected chi connectivity index (χ1v) is 9.89. The van der Waals surface area contributed by atoms with Crippen molar-refractivity contribution < 1.29 is 9.59 Å². The number of para-hydroxylation sites is 1. The smallest absolute Gasteiger partial charge is 0.270 e. The van der Waals surface area contributed by atoms with Gasteiger partial charge in [-0.2, -0.15) is 0 Å². The standard InChI is InChI=1S/C22H25N3O2/c26-21(24-18-9-2-1-3-10-18)19-15-17(12-13-23-19)22(27)25-14-6-8-16-7-4-5-11-20(16)25/h4-5,7,11-13,15,18H,1-3,6,8-10,14H2,(H,24,26). The molecule has 5 heteroatoms. The van der Waals surface area contributed by atoms with Crippen LogP contribution in [0, 0.1) is 0 Å². The first-order valence-electron chi connectivity index (χ1n) is 9.89. The van der Waals surface area contributed by atoms with Crippen molar-refractivity contribution in [3.8, 4) is 0 Å². The molecule has 0 radical (unpaired) electrons. The Morgan fingerprint density at radius 2 is 1.85 bits per heavy atom. The highest BCUT2D eigenvalue weighted by atomic mass is 16.2. The maximum Gasteiger partial charge on any atom is 0.270 e. The van der Waals surface area contributed by atoms with Crippen molar-refractivity contribution in [1.82, 2.24) is 10.3 Å². The summed E-state index contributed by atoms with van der Waals surface area (Å²) in [6.07, 6.45) is 9.10. The molecule has 4 rings (SSSR count). The molecule has 5 nitrogen and oxygen atoms in total. The lowest BCUT2D eigenvalue weighted by Crippen LogP contribution is -2.37. The molecule has 0 bridgehead atoms. The number of hydrogen-bond donors (Lipinski definition) is 1. The second-order valence-electron chi connectivity index (χ2n) is 7.43. The average molecular weight is 363 g/mol. The minimum Gasteiger partial charge on any atom is -0.348 e. The molecular formula is C22H25N3O2. The Labute approximate surface area is 159 Å². The zero-order chi connectivity index (χ0) is 18.6. The molecule has 2 heterocycles. The predicted octanol–water partition coefficient (Wildman–Crippen LogP) is 3.74. The molecule has 27 heavy (non-hydrogen) atoms. The summed E-state index contributed by atoms with van der Waals surface area (Å²) in [7, 11) is 0. The molecule has 2 aromatic rings. The van der Waals surface area contributed by atoms with E-state index >= 15 is 0 Å². The number of aryl methyl sites for hydroxylation is 1. The fraction of sp³-hybridized carbons (Fsp3) is 0.409. The van der Waals surface area contributed by atoms with Crippen LogP contribution >= 0.6 is 0 Å². The van der Waals surface area contributed by atoms with Crippen molar-refractivity contribution in [1.29, 1.82) is 0 Å². The number of hydrogen-bond acceptors (Lipinski definition) is 3. The second-order valence-corrected chi connectivity index (χ2v) is 7.43. The highest BCUT2D eigenvalue weighted by Crippen LogP contribution is 2.28. The van der Waals surface area contributed by atoms with Crippen molar-refractivity contribution in [2.75, 3.05) is 11.4 Å². The molecule has 1 N–H and O–H groups in total. The largest absolute Gasteiger partial charge is 0.348 e. The summed E-state index contributed by atoms with van der Waals surface area (Å²) >= 11 is 0. The van der Waals surface area contributed by atoms with Gasteiger partial charge in [0.05, 0.1) is 0 Å². The molecule has 0 spiro atoms. The van der Waals surface area contributed by atoms with Crippen molar-refractivity contribution in [3.05, 3.63) is 59.4 Å². The number of pyridine rings is 1. The third kappa shape index (κ3) is 3.87. The molecule has 0 atom stereocenters. The van der Waals surface area contributed by atoms with E-state index in [-0.39, 0.29) is 17.9 Å². The monoisotopic (exact) mass is 363 g/mol. The van der Waals surface area contributed by atoms with Gasteiger partial charge in [-0.05, 0) is 49.4 Å². The SMILES string of the molecule is O=C(NC1CCCCC1)c1cc(C(=O)N2CCCc3ccccc32)ccn1. The summed E-state index contributed by atoms with van der Waals surface area (Å²) < 4.78 is 0. The van der Waals surface area contributed by atoms with E-state index in [0.29, 0.717) is 17.8 Å². The van der Waals surface area contributed by atoms with E-state index in [0.717, 1.165) is 44.2 Å². The Hall–Kier alpha value is -2.69. The minimum absolute atomic E-state index is 0.0729. The Balaban J connectivity index is 1.52. The maximum atomic E-state index is 13.1. The molecule has 0 saturated heterocycles. The number of amides is 2. The minimum atomic E-state index is -0.185. The van der Waals surface area contributed by atoms with Gasteiger partial charge < -0.3 is 10.2 Å². The molecule has 1 fully saturated rings. The van der Waals surface area contributed by atoms with Gasteiger partial charge in [0.1, 0.15) is 5.69 Å². The number of aromatic nitrogens is 1. The topological polar surface area (TPSA) is 62.3 Å². The van der Waals surface area contributed by atoms with Crippen LogP contribution in [0.2, 0.25) is 0 Å². The van der Waals surface area contributed by atoms with Crippen molar-refractivity contribution in [3.63, 3.8) is 0 Å². The predicted molar refractivity (Wildman–Crippen MR) is 105 cm³/mol. The normalized spacial score (nSPS) is 17.3. The number of nitrogens with zero attached hydrogens (tertiary/aromatic N) is 2. The van der Waals surface area contributed by atoms with E-state index < -0.39 is 0 Å². The van der Waals surface area contributed by atoms with Gasteiger partial charge >= 0.3 is 0 Å². The number of carbonyl (C=O) groups excluding carboxylic acids is 2. The molecule has 1 aromatic carbocycles. The van der Waals surface area contributed by atoms with Crippen LogP contribution in [0.25, 0.3) is 0 Å². The highest BCUT2D eigenvalue weighted by Gasteiger charge is 2.24. The third-order valence-corrected chi connectivity index (χ3v) is 5.54. The Morgan fingerprint density at radius 1 is 1.04 bits per heavy atom. The Morgan fingerprint density at radius 3 is 2.70 bits per heavy atom. The summed E-state index contributed by atoms with van der Waals surface area (Å²) in [5.41, 5.74) is 2.99. The van der Waals surface area contributed by atoms with Gasteiger partial charge in [0.15, 0.2) is 0 Å². The van der Waals surface area contributed by atoms with E-state index in [1.165, 1.54) is 12.0 Å². The van der Waals surface area contributed by atoms with Crippen LogP contribution < -0.4 is 10.2 Å². The molecule has 1 aliphatic carbocycles. The lowest BCUT2D eigenvalue weighted by molar-refractivity contribution is 0.0922. The first kappa shape index (κ1) is 17.7. The first-order chi connectivity index (χ1) is 13.2. The number of benzene rings is 1. The van der Waals surface area contributed by atoms with E-state index in [4.69, 9.17) is 0 Å². The Bertz CT molecular complexity index is 843. The van der Waals surface area contributed by atoms with Gasteiger partial charge in [-0.3, -0.25) is 14.6 Å². The molecule has 0 unspecified atom stereocenters. The average Bonchev–Trinajstić information content (AvgIpc) is 2.73. The zero-order valence-electron chi connectivity index (χ0n) is 15.5. The van der Waals surface area contributed by atoms with Gasteiger partial charge in [-0.25, -0.2) is 0 Å². The van der Waals surface area contributed by atoms with Crippen molar-refractivity contribution in [2.24, 2.45) is 0 Å². The number of anilines is 1. The number of nitrogens with one attached hydrogen (secondary N) is 1. The van der Waals surface area contributed by atoms with Gasteiger partial charge in [0.25, 0.3) is 11.8 Å². The highest BCUT2D eigenvalue weighted by molar-refractivity contribution is 6.07. The van der Waals surface area contributed by atoms with Crippen LogP contribution in [0.1, 0.15) is 64.9 Å². The van der Waals surface area contributed by atoms with Crippen molar-refractivity contribution >= 4 is 17.5 Å². The molecule has 2 amide bonds. The summed E-state index contributed by atoms with van der Waals surface area (Å²) in [6, 6.07) is 11.6. The summed E-state index contributed by atoms with van der Waals surface area (Å²) in [5, 5.41) is 3.07. The molecule has 1 saturated carbocycles. The van der Waals surface area contributed by atoms with Crippen LogP contribution in [0.5, 0.6) is 0 Å². The number of carbonyl (C=O) groups is 2. The zero-order valence-corrected chi connectivity index (χ0v) is 15.5. The van der Waals surface area contributed by atoms with E-state index in [9.17, 15) is 9.59 Å². The van der Waals surface area contributed by atoms with E-state index in [1.54, 1.807) is 18.3 Å². The van der Waals surface area contributed by atoms with E-state index in [2.05, 4.69) is 16.4 Å². The van der Waals surface area contributed by atoms with Gasteiger partial charge in [0, 0.05) is 30.0 Å². The van der Waals surface area contributed by atoms with Crippen LogP contribution in [0.15, 0.2) is 42.6 Å². The fourth-order valence-corrected chi connectivity index (χ4v) is 4.09. The second kappa shape index (κ2) is 7.91. The molecular weight excluding hydrogens is 338 g/mol. The summed E-state index contributed by atoms with van der Waals surface area (Å²) in [4.78, 5) is 31.7. The number of fused-ring (bicyclic) bond motifs is 1. The van der Waals surface area contributed by atoms with Gasteiger partial charge in [0.2, 0.25) is 0 Å². The number of rotatable bonds is 3. The van der Waals surface area contributed by atoms with Crippen LogP contribution in [0.4, 0.5) is 5.69 Å². The van der Waals surface area contributed by atoms with Crippen LogP contribution in [-0.4, -0.2) is 29.4 Å². The van der Waals surface area contributed by atoms with Gasteiger partial charge in [-0.1, -0.05) is 37.5 Å².